The lowest BCUT2D eigenvalue weighted by molar-refractivity contribution is 0.0773. The summed E-state index contributed by atoms with van der Waals surface area (Å²) in [5, 5.41) is 0. The second kappa shape index (κ2) is 9.23. The summed E-state index contributed by atoms with van der Waals surface area (Å²) in [5.41, 5.74) is 3.31. The molecule has 2 aliphatic rings. The number of benzene rings is 3. The molecule has 0 aliphatic carbocycles. The zero-order valence-corrected chi connectivity index (χ0v) is 19.3. The zero-order valence-electron chi connectivity index (χ0n) is 18.4. The van der Waals surface area contributed by atoms with Gasteiger partial charge in [0.05, 0.1) is 4.90 Å². The van der Waals surface area contributed by atoms with Gasteiger partial charge in [0.15, 0.2) is 11.5 Å². The number of anilines is 1. The van der Waals surface area contributed by atoms with E-state index in [1.165, 1.54) is 23.3 Å². The van der Waals surface area contributed by atoms with E-state index in [1.54, 1.807) is 35.2 Å². The summed E-state index contributed by atoms with van der Waals surface area (Å²) in [4.78, 5) is 14.8. The molecule has 0 saturated heterocycles. The second-order valence-electron chi connectivity index (χ2n) is 8.08. The van der Waals surface area contributed by atoms with Crippen molar-refractivity contribution in [1.82, 2.24) is 4.90 Å². The number of hydrogen-bond donors (Lipinski definition) is 1. The fraction of sp³-hybridized carbons (Fsp3) is 0.192. The van der Waals surface area contributed by atoms with E-state index in [0.29, 0.717) is 49.1 Å². The van der Waals surface area contributed by atoms with Gasteiger partial charge in [0, 0.05) is 30.4 Å². The molecule has 0 saturated carbocycles. The van der Waals surface area contributed by atoms with Crippen molar-refractivity contribution in [2.75, 3.05) is 31.0 Å². The number of rotatable bonds is 5. The highest BCUT2D eigenvalue weighted by Gasteiger charge is 2.21. The number of amides is 1. The van der Waals surface area contributed by atoms with Crippen molar-refractivity contribution < 1.29 is 22.7 Å². The van der Waals surface area contributed by atoms with Gasteiger partial charge in [-0.3, -0.25) is 9.52 Å². The van der Waals surface area contributed by atoms with E-state index >= 15 is 0 Å². The minimum atomic E-state index is -3.82. The summed E-state index contributed by atoms with van der Waals surface area (Å²) < 4.78 is 39.1. The van der Waals surface area contributed by atoms with Crippen LogP contribution in [0.2, 0.25) is 0 Å². The lowest BCUT2D eigenvalue weighted by atomic mass is 9.99. The third-order valence-corrected chi connectivity index (χ3v) is 7.23. The summed E-state index contributed by atoms with van der Waals surface area (Å²) in [5.74, 6) is 0.849. The number of hydrogen-bond acceptors (Lipinski definition) is 5. The van der Waals surface area contributed by atoms with E-state index in [9.17, 15) is 13.2 Å². The highest BCUT2D eigenvalue weighted by molar-refractivity contribution is 7.92. The minimum absolute atomic E-state index is 0.0752. The molecule has 2 heterocycles. The predicted molar refractivity (Wildman–Crippen MR) is 130 cm³/mol. The van der Waals surface area contributed by atoms with E-state index in [0.717, 1.165) is 6.42 Å². The van der Waals surface area contributed by atoms with Crippen molar-refractivity contribution >= 4 is 27.2 Å². The third-order valence-electron chi connectivity index (χ3n) is 5.85. The molecule has 7 nitrogen and oxygen atoms in total. The Labute approximate surface area is 198 Å². The summed E-state index contributed by atoms with van der Waals surface area (Å²) in [6.45, 7) is 1.99. The van der Waals surface area contributed by atoms with Crippen LogP contribution in [0.4, 0.5) is 5.69 Å². The number of nitrogens with zero attached hydrogens (tertiary/aromatic N) is 1. The average molecular weight is 477 g/mol. The molecule has 0 spiro atoms. The van der Waals surface area contributed by atoms with Crippen LogP contribution in [0, 0.1) is 0 Å². The molecule has 8 heteroatoms. The molecule has 174 valence electrons. The van der Waals surface area contributed by atoms with Crippen LogP contribution in [0.1, 0.15) is 22.3 Å². The van der Waals surface area contributed by atoms with Gasteiger partial charge in [0.2, 0.25) is 0 Å². The molecule has 3 aromatic carbocycles. The van der Waals surface area contributed by atoms with Gasteiger partial charge in [0.1, 0.15) is 13.2 Å². The number of nitrogens with one attached hydrogen (secondary N) is 1. The zero-order chi connectivity index (χ0) is 23.5. The van der Waals surface area contributed by atoms with Crippen LogP contribution in [0.15, 0.2) is 83.8 Å². The van der Waals surface area contributed by atoms with E-state index < -0.39 is 10.0 Å². The molecule has 0 fully saturated rings. The summed E-state index contributed by atoms with van der Waals surface area (Å²) in [7, 11) is -3.82. The minimum Gasteiger partial charge on any atom is -0.486 e. The van der Waals surface area contributed by atoms with Gasteiger partial charge >= 0.3 is 0 Å². The predicted octanol–water partition coefficient (Wildman–Crippen LogP) is 4.19. The van der Waals surface area contributed by atoms with Gasteiger partial charge in [0.25, 0.3) is 15.9 Å². The molecule has 3 aromatic rings. The number of ether oxygens (including phenoxy) is 2. The Bertz CT molecular complexity index is 1340. The van der Waals surface area contributed by atoms with Gasteiger partial charge < -0.3 is 14.4 Å². The standard InChI is InChI=1S/C26H24N2O5S/c29-26(28-14-12-20(13-15-28)19-4-2-1-3-5-19)21-6-8-22(9-7-21)27-34(30,31)23-10-11-24-25(18-23)33-17-16-32-24/h1-12,18,27H,13-17H2. The maximum absolute atomic E-state index is 12.9. The topological polar surface area (TPSA) is 84.9 Å². The van der Waals surface area contributed by atoms with Crippen LogP contribution in [-0.2, 0) is 10.0 Å². The Hall–Kier alpha value is -3.78. The van der Waals surface area contributed by atoms with Gasteiger partial charge in [-0.2, -0.15) is 0 Å². The molecule has 0 bridgehead atoms. The summed E-state index contributed by atoms with van der Waals surface area (Å²) in [6, 6.07) is 21.1. The fourth-order valence-electron chi connectivity index (χ4n) is 4.04. The largest absolute Gasteiger partial charge is 0.486 e. The molecule has 0 unspecified atom stereocenters. The number of sulfonamides is 1. The monoisotopic (exact) mass is 476 g/mol. The molecule has 5 rings (SSSR count). The van der Waals surface area contributed by atoms with Crippen molar-refractivity contribution in [3.8, 4) is 11.5 Å². The van der Waals surface area contributed by atoms with Gasteiger partial charge in [-0.1, -0.05) is 36.4 Å². The maximum atomic E-state index is 12.9. The smallest absolute Gasteiger partial charge is 0.262 e. The van der Waals surface area contributed by atoms with Crippen LogP contribution >= 0.6 is 0 Å². The van der Waals surface area contributed by atoms with Crippen LogP contribution in [0.5, 0.6) is 11.5 Å². The first-order valence-electron chi connectivity index (χ1n) is 11.1. The summed E-state index contributed by atoms with van der Waals surface area (Å²) in [6.07, 6.45) is 2.88. The van der Waals surface area contributed by atoms with Gasteiger partial charge in [-0.05, 0) is 54.0 Å². The van der Waals surface area contributed by atoms with E-state index in [2.05, 4.69) is 22.9 Å². The Morgan fingerprint density at radius 3 is 2.32 bits per heavy atom. The SMILES string of the molecule is O=C(c1ccc(NS(=O)(=O)c2ccc3c(c2)OCCO3)cc1)N1CC=C(c2ccccc2)CC1. The van der Waals surface area contributed by atoms with Crippen molar-refractivity contribution in [1.29, 1.82) is 0 Å². The van der Waals surface area contributed by atoms with Gasteiger partial charge in [-0.15, -0.1) is 0 Å². The number of carbonyl (C=O) groups excluding carboxylic acids is 1. The average Bonchev–Trinajstić information content (AvgIpc) is 2.89. The Morgan fingerprint density at radius 2 is 1.62 bits per heavy atom. The molecule has 1 amide bonds. The van der Waals surface area contributed by atoms with Crippen LogP contribution < -0.4 is 14.2 Å². The van der Waals surface area contributed by atoms with Crippen LogP contribution in [-0.4, -0.2) is 45.5 Å². The van der Waals surface area contributed by atoms with Crippen molar-refractivity contribution in [3.05, 3.63) is 90.0 Å². The highest BCUT2D eigenvalue weighted by Crippen LogP contribution is 2.33. The molecule has 0 atom stereocenters. The van der Waals surface area contributed by atoms with Crippen LogP contribution in [0.3, 0.4) is 0 Å². The molecule has 0 radical (unpaired) electrons. The second-order valence-corrected chi connectivity index (χ2v) is 9.77. The van der Waals surface area contributed by atoms with E-state index in [4.69, 9.17) is 9.47 Å². The Balaban J connectivity index is 1.25. The van der Waals surface area contributed by atoms with Crippen molar-refractivity contribution in [3.63, 3.8) is 0 Å². The van der Waals surface area contributed by atoms with E-state index in [-0.39, 0.29) is 10.8 Å². The quantitative estimate of drug-likeness (QED) is 0.597. The first-order chi connectivity index (χ1) is 16.5. The van der Waals surface area contributed by atoms with Crippen molar-refractivity contribution in [2.24, 2.45) is 0 Å². The summed E-state index contributed by atoms with van der Waals surface area (Å²) >= 11 is 0. The van der Waals surface area contributed by atoms with Crippen LogP contribution in [0.25, 0.3) is 5.57 Å². The van der Waals surface area contributed by atoms with E-state index in [1.807, 2.05) is 18.2 Å². The lowest BCUT2D eigenvalue weighted by Gasteiger charge is -2.27. The molecule has 0 aromatic heterocycles. The Morgan fingerprint density at radius 1 is 0.882 bits per heavy atom. The first-order valence-corrected chi connectivity index (χ1v) is 12.5. The normalized spacial score (nSPS) is 15.4. The highest BCUT2D eigenvalue weighted by atomic mass is 32.2. The lowest BCUT2D eigenvalue weighted by Crippen LogP contribution is -2.34. The number of carbonyl (C=O) groups is 1. The van der Waals surface area contributed by atoms with Gasteiger partial charge in [-0.25, -0.2) is 8.42 Å². The molecule has 2 aliphatic heterocycles. The Kier molecular flexibility index (Phi) is 5.98. The molecular formula is C26H24N2O5S. The molecule has 34 heavy (non-hydrogen) atoms. The maximum Gasteiger partial charge on any atom is 0.262 e. The fourth-order valence-corrected chi connectivity index (χ4v) is 5.11. The first kappa shape index (κ1) is 22.0. The number of fused-ring (bicyclic) bond motifs is 1. The molecular weight excluding hydrogens is 452 g/mol. The third kappa shape index (κ3) is 4.63. The molecule has 1 N–H and O–H groups in total. The van der Waals surface area contributed by atoms with Crippen molar-refractivity contribution in [2.45, 2.75) is 11.3 Å².